The number of nitrogens with zero attached hydrogens (tertiary/aromatic N) is 3. The number of thioether (sulfide) groups is 1. The van der Waals surface area contributed by atoms with Crippen molar-refractivity contribution in [3.8, 4) is 0 Å². The predicted molar refractivity (Wildman–Crippen MR) is 91.9 cm³/mol. The number of rotatable bonds is 6. The highest BCUT2D eigenvalue weighted by Gasteiger charge is 2.30. The Hall–Kier alpha value is -2.35. The Morgan fingerprint density at radius 3 is 2.54 bits per heavy atom. The van der Waals surface area contributed by atoms with Crippen molar-refractivity contribution in [2.45, 2.75) is 36.1 Å². The molecule has 0 spiro atoms. The lowest BCUT2D eigenvalue weighted by molar-refractivity contribution is -0.115. The molecule has 0 saturated heterocycles. The van der Waals surface area contributed by atoms with Gasteiger partial charge in [-0.05, 0) is 44.0 Å². The van der Waals surface area contributed by atoms with Gasteiger partial charge >= 0.3 is 0 Å². The number of benzene rings is 1. The van der Waals surface area contributed by atoms with E-state index in [4.69, 9.17) is 5.73 Å². The van der Waals surface area contributed by atoms with Crippen LogP contribution in [0.2, 0.25) is 0 Å². The van der Waals surface area contributed by atoms with Crippen molar-refractivity contribution in [2.75, 3.05) is 5.32 Å². The number of carbonyl (C=O) groups excluding carboxylic acids is 2. The van der Waals surface area contributed by atoms with Crippen LogP contribution < -0.4 is 11.1 Å². The summed E-state index contributed by atoms with van der Waals surface area (Å²) in [6, 6.07) is 6.48. The summed E-state index contributed by atoms with van der Waals surface area (Å²) in [6.07, 6.45) is 2.32. The first-order chi connectivity index (χ1) is 11.5. The van der Waals surface area contributed by atoms with Crippen molar-refractivity contribution >= 4 is 29.3 Å². The SMILES string of the molecule is C[C@H](Sc1nnc(C2CC2)n1C)C(=O)Nc1ccc(C(N)=O)cc1. The van der Waals surface area contributed by atoms with Crippen molar-refractivity contribution < 1.29 is 9.59 Å². The first-order valence-corrected chi connectivity index (χ1v) is 8.60. The molecule has 1 heterocycles. The van der Waals surface area contributed by atoms with Gasteiger partial charge in [0.15, 0.2) is 5.16 Å². The largest absolute Gasteiger partial charge is 0.366 e. The van der Waals surface area contributed by atoms with Crippen LogP contribution in [0.1, 0.15) is 41.9 Å². The van der Waals surface area contributed by atoms with E-state index in [-0.39, 0.29) is 11.2 Å². The normalized spacial score (nSPS) is 15.1. The van der Waals surface area contributed by atoms with E-state index in [1.165, 1.54) is 11.8 Å². The second-order valence-corrected chi connectivity index (χ2v) is 7.17. The summed E-state index contributed by atoms with van der Waals surface area (Å²) < 4.78 is 1.97. The molecule has 3 N–H and O–H groups in total. The molecule has 1 aromatic heterocycles. The Morgan fingerprint density at radius 1 is 1.29 bits per heavy atom. The average Bonchev–Trinajstić information content (AvgIpc) is 3.33. The van der Waals surface area contributed by atoms with Crippen molar-refractivity contribution in [2.24, 2.45) is 12.8 Å². The van der Waals surface area contributed by atoms with Gasteiger partial charge in [-0.3, -0.25) is 9.59 Å². The Labute approximate surface area is 144 Å². The molecule has 8 heteroatoms. The summed E-state index contributed by atoms with van der Waals surface area (Å²) in [4.78, 5) is 23.4. The molecule has 126 valence electrons. The molecule has 24 heavy (non-hydrogen) atoms. The van der Waals surface area contributed by atoms with Gasteiger partial charge in [0.1, 0.15) is 5.82 Å². The maximum Gasteiger partial charge on any atom is 0.248 e. The van der Waals surface area contributed by atoms with E-state index >= 15 is 0 Å². The van der Waals surface area contributed by atoms with Gasteiger partial charge in [-0.2, -0.15) is 0 Å². The Morgan fingerprint density at radius 2 is 1.96 bits per heavy atom. The van der Waals surface area contributed by atoms with Crippen molar-refractivity contribution in [3.63, 3.8) is 0 Å². The van der Waals surface area contributed by atoms with Crippen LogP contribution >= 0.6 is 11.8 Å². The average molecular weight is 345 g/mol. The fourth-order valence-corrected chi connectivity index (χ4v) is 3.12. The second-order valence-electron chi connectivity index (χ2n) is 5.86. The fourth-order valence-electron chi connectivity index (χ4n) is 2.30. The summed E-state index contributed by atoms with van der Waals surface area (Å²) in [7, 11) is 1.93. The zero-order chi connectivity index (χ0) is 17.3. The molecule has 0 radical (unpaired) electrons. The molecule has 1 saturated carbocycles. The minimum Gasteiger partial charge on any atom is -0.366 e. The van der Waals surface area contributed by atoms with Crippen LogP contribution in [0.15, 0.2) is 29.4 Å². The summed E-state index contributed by atoms with van der Waals surface area (Å²) >= 11 is 1.37. The molecule has 0 aliphatic heterocycles. The quantitative estimate of drug-likeness (QED) is 0.779. The van der Waals surface area contributed by atoms with Gasteiger partial charge < -0.3 is 15.6 Å². The van der Waals surface area contributed by atoms with Gasteiger partial charge in [-0.1, -0.05) is 11.8 Å². The first kappa shape index (κ1) is 16.5. The third-order valence-electron chi connectivity index (χ3n) is 3.90. The van der Waals surface area contributed by atoms with Crippen molar-refractivity contribution in [3.05, 3.63) is 35.7 Å². The first-order valence-electron chi connectivity index (χ1n) is 7.72. The summed E-state index contributed by atoms with van der Waals surface area (Å²) in [5, 5.41) is 11.6. The van der Waals surface area contributed by atoms with Crippen LogP contribution in [-0.4, -0.2) is 31.8 Å². The van der Waals surface area contributed by atoms with Crippen molar-refractivity contribution in [1.82, 2.24) is 14.8 Å². The topological polar surface area (TPSA) is 103 Å². The Kier molecular flexibility index (Phi) is 4.57. The van der Waals surface area contributed by atoms with E-state index in [2.05, 4.69) is 15.5 Å². The summed E-state index contributed by atoms with van der Waals surface area (Å²) in [6.45, 7) is 1.82. The maximum atomic E-state index is 12.3. The number of primary amides is 1. The third kappa shape index (κ3) is 3.59. The van der Waals surface area contributed by atoms with Crippen LogP contribution in [0.25, 0.3) is 0 Å². The third-order valence-corrected chi connectivity index (χ3v) is 5.03. The zero-order valence-electron chi connectivity index (χ0n) is 13.5. The number of nitrogens with two attached hydrogens (primary N) is 1. The lowest BCUT2D eigenvalue weighted by Crippen LogP contribution is -2.23. The number of anilines is 1. The van der Waals surface area contributed by atoms with Gasteiger partial charge in [0.2, 0.25) is 11.8 Å². The highest BCUT2D eigenvalue weighted by atomic mass is 32.2. The Bertz CT molecular complexity index is 767. The molecule has 7 nitrogen and oxygen atoms in total. The lowest BCUT2D eigenvalue weighted by Gasteiger charge is -2.12. The number of hydrogen-bond acceptors (Lipinski definition) is 5. The molecule has 2 amide bonds. The van der Waals surface area contributed by atoms with Crippen LogP contribution in [0, 0.1) is 0 Å². The molecular formula is C16H19N5O2S. The molecule has 1 aliphatic carbocycles. The number of carbonyl (C=O) groups is 2. The maximum absolute atomic E-state index is 12.3. The molecule has 1 fully saturated rings. The van der Waals surface area contributed by atoms with Crippen LogP contribution in [0.3, 0.4) is 0 Å². The highest BCUT2D eigenvalue weighted by Crippen LogP contribution is 2.39. The molecule has 3 rings (SSSR count). The molecule has 1 atom stereocenters. The van der Waals surface area contributed by atoms with Gasteiger partial charge in [-0.25, -0.2) is 0 Å². The number of amides is 2. The minimum atomic E-state index is -0.495. The van der Waals surface area contributed by atoms with Gasteiger partial charge in [0.25, 0.3) is 0 Å². The Balaban J connectivity index is 1.61. The smallest absolute Gasteiger partial charge is 0.248 e. The van der Waals surface area contributed by atoms with Gasteiger partial charge in [0.05, 0.1) is 5.25 Å². The van der Waals surface area contributed by atoms with Crippen LogP contribution in [-0.2, 0) is 11.8 Å². The number of nitrogens with one attached hydrogen (secondary N) is 1. The van der Waals surface area contributed by atoms with E-state index in [9.17, 15) is 9.59 Å². The molecule has 0 bridgehead atoms. The number of hydrogen-bond donors (Lipinski definition) is 2. The van der Waals surface area contributed by atoms with E-state index < -0.39 is 5.91 Å². The highest BCUT2D eigenvalue weighted by molar-refractivity contribution is 8.00. The van der Waals surface area contributed by atoms with Gasteiger partial charge in [-0.15, -0.1) is 10.2 Å². The monoisotopic (exact) mass is 345 g/mol. The van der Waals surface area contributed by atoms with E-state index in [1.54, 1.807) is 24.3 Å². The summed E-state index contributed by atoms with van der Waals surface area (Å²) in [5.74, 6) is 0.880. The number of aromatic nitrogens is 3. The second kappa shape index (κ2) is 6.64. The van der Waals surface area contributed by atoms with E-state index in [0.29, 0.717) is 17.2 Å². The molecule has 1 aromatic carbocycles. The van der Waals surface area contributed by atoms with Gasteiger partial charge in [0, 0.05) is 24.2 Å². The zero-order valence-corrected chi connectivity index (χ0v) is 14.3. The van der Waals surface area contributed by atoms with E-state index in [0.717, 1.165) is 23.8 Å². The van der Waals surface area contributed by atoms with Crippen LogP contribution in [0.4, 0.5) is 5.69 Å². The fraction of sp³-hybridized carbons (Fsp3) is 0.375. The minimum absolute atomic E-state index is 0.136. The summed E-state index contributed by atoms with van der Waals surface area (Å²) in [5.41, 5.74) is 6.22. The molecule has 1 aliphatic rings. The predicted octanol–water partition coefficient (Wildman–Crippen LogP) is 1.91. The standard InChI is InChI=1S/C16H19N5O2S/c1-9(24-16-20-19-14(21(16)2)11-3-4-11)15(23)18-12-7-5-10(6-8-12)13(17)22/h5-9,11H,3-4H2,1-2H3,(H2,17,22)(H,18,23)/t9-/m0/s1. The molecule has 2 aromatic rings. The molecule has 0 unspecified atom stereocenters. The van der Waals surface area contributed by atoms with Crippen molar-refractivity contribution in [1.29, 1.82) is 0 Å². The van der Waals surface area contributed by atoms with Crippen LogP contribution in [0.5, 0.6) is 0 Å². The van der Waals surface area contributed by atoms with E-state index in [1.807, 2.05) is 18.5 Å². The lowest BCUT2D eigenvalue weighted by atomic mass is 10.2. The molecular weight excluding hydrogens is 326 g/mol.